The van der Waals surface area contributed by atoms with E-state index >= 15 is 0 Å². The van der Waals surface area contributed by atoms with E-state index in [-0.39, 0.29) is 5.69 Å². The predicted octanol–water partition coefficient (Wildman–Crippen LogP) is 5.67. The molecule has 0 aliphatic carbocycles. The van der Waals surface area contributed by atoms with E-state index in [0.29, 0.717) is 15.4 Å². The lowest BCUT2D eigenvalue weighted by molar-refractivity contribution is -0.383. The third-order valence-electron chi connectivity index (χ3n) is 3.11. The second-order valence-corrected chi connectivity index (χ2v) is 6.62. The van der Waals surface area contributed by atoms with Crippen LogP contribution in [-0.2, 0) is 0 Å². The Bertz CT molecular complexity index is 877. The van der Waals surface area contributed by atoms with Gasteiger partial charge in [-0.2, -0.15) is 0 Å². The molecule has 0 aliphatic heterocycles. The summed E-state index contributed by atoms with van der Waals surface area (Å²) in [5.74, 6) is 0. The Morgan fingerprint density at radius 1 is 1.13 bits per heavy atom. The fourth-order valence-corrected chi connectivity index (χ4v) is 3.62. The van der Waals surface area contributed by atoms with Crippen molar-refractivity contribution in [3.05, 3.63) is 49.6 Å². The molecule has 0 unspecified atom stereocenters. The highest BCUT2D eigenvalue weighted by atomic mass is 79.9. The summed E-state index contributed by atoms with van der Waals surface area (Å²) in [6.07, 6.45) is 0. The van der Waals surface area contributed by atoms with E-state index in [2.05, 4.69) is 25.9 Å². The van der Waals surface area contributed by atoms with Crippen LogP contribution in [0, 0.1) is 24.0 Å². The molecule has 7 heteroatoms. The zero-order valence-corrected chi connectivity index (χ0v) is 15.7. The minimum Gasteiger partial charge on any atom is -0.258 e. The van der Waals surface area contributed by atoms with Crippen LogP contribution in [0.2, 0.25) is 0 Å². The maximum Gasteiger partial charge on any atom is 0.292 e. The Morgan fingerprint density at radius 2 is 1.83 bits per heavy atom. The van der Waals surface area contributed by atoms with Gasteiger partial charge in [-0.1, -0.05) is 13.8 Å². The van der Waals surface area contributed by atoms with Crippen molar-refractivity contribution in [3.8, 4) is 10.6 Å². The normalized spacial score (nSPS) is 10.3. The molecule has 0 bridgehead atoms. The second-order valence-electron chi connectivity index (χ2n) is 4.56. The molecule has 3 rings (SSSR count). The van der Waals surface area contributed by atoms with Crippen molar-refractivity contribution in [1.29, 1.82) is 0 Å². The first kappa shape index (κ1) is 17.5. The molecular formula is C16H16BrN3O2S. The number of halogens is 1. The molecule has 3 aromatic rings. The summed E-state index contributed by atoms with van der Waals surface area (Å²) in [5, 5.41) is 12.7. The molecule has 120 valence electrons. The van der Waals surface area contributed by atoms with Crippen LogP contribution in [0.25, 0.3) is 21.5 Å². The zero-order chi connectivity index (χ0) is 17.1. The number of hydrogen-bond donors (Lipinski definition) is 0. The van der Waals surface area contributed by atoms with E-state index in [1.54, 1.807) is 29.5 Å². The molecule has 2 heterocycles. The molecule has 0 aliphatic rings. The maximum atomic E-state index is 11.2. The van der Waals surface area contributed by atoms with Crippen LogP contribution in [-0.4, -0.2) is 14.9 Å². The summed E-state index contributed by atoms with van der Waals surface area (Å²) in [4.78, 5) is 20.7. The fourth-order valence-electron chi connectivity index (χ4n) is 2.24. The van der Waals surface area contributed by atoms with Crippen LogP contribution in [0.5, 0.6) is 0 Å². The first-order chi connectivity index (χ1) is 11.0. The van der Waals surface area contributed by atoms with Crippen LogP contribution in [0.1, 0.15) is 24.5 Å². The molecule has 0 fully saturated rings. The van der Waals surface area contributed by atoms with Crippen molar-refractivity contribution < 1.29 is 4.92 Å². The number of nitro benzene ring substituents is 1. The zero-order valence-electron chi connectivity index (χ0n) is 13.3. The summed E-state index contributed by atoms with van der Waals surface area (Å²) >= 11 is 4.79. The highest BCUT2D eigenvalue weighted by Gasteiger charge is 2.18. The monoisotopic (exact) mass is 393 g/mol. The lowest BCUT2D eigenvalue weighted by Crippen LogP contribution is -1.93. The molecule has 0 saturated heterocycles. The van der Waals surface area contributed by atoms with Gasteiger partial charge in [0.05, 0.1) is 41.6 Å². The first-order valence-corrected chi connectivity index (χ1v) is 8.76. The van der Waals surface area contributed by atoms with Crippen molar-refractivity contribution in [2.75, 3.05) is 0 Å². The number of rotatable bonds is 2. The van der Waals surface area contributed by atoms with Crippen molar-refractivity contribution in [3.63, 3.8) is 0 Å². The van der Waals surface area contributed by atoms with E-state index in [1.165, 1.54) is 0 Å². The Balaban J connectivity index is 0.000000924. The second kappa shape index (κ2) is 7.14. The summed E-state index contributed by atoms with van der Waals surface area (Å²) in [5.41, 5.74) is 2.37. The quantitative estimate of drug-likeness (QED) is 0.415. The van der Waals surface area contributed by atoms with Gasteiger partial charge in [0.25, 0.3) is 5.69 Å². The SMILES string of the molecule is CC.Cc1nc(C)c(-c2ccc3c([N+](=O)[O-])c(Br)ccc3n2)s1. The van der Waals surface area contributed by atoms with Gasteiger partial charge in [0.15, 0.2) is 0 Å². The number of fused-ring (bicyclic) bond motifs is 1. The average Bonchev–Trinajstić information content (AvgIpc) is 2.87. The average molecular weight is 394 g/mol. The standard InChI is InChI=1S/C14H10BrN3O2S.C2H6/c1-7-14(21-8(2)16-7)12-5-3-9-11(17-12)6-4-10(15)13(9)18(19)20;1-2/h3-6H,1-2H3;1-2H3. The molecular weight excluding hydrogens is 378 g/mol. The summed E-state index contributed by atoms with van der Waals surface area (Å²) in [6, 6.07) is 6.98. The third-order valence-corrected chi connectivity index (χ3v) is 4.85. The summed E-state index contributed by atoms with van der Waals surface area (Å²) in [7, 11) is 0. The van der Waals surface area contributed by atoms with Crippen molar-refractivity contribution in [2.45, 2.75) is 27.7 Å². The van der Waals surface area contributed by atoms with E-state index in [0.717, 1.165) is 21.3 Å². The number of nitro groups is 1. The number of aryl methyl sites for hydroxylation is 2. The van der Waals surface area contributed by atoms with Crippen LogP contribution >= 0.6 is 27.3 Å². The van der Waals surface area contributed by atoms with Gasteiger partial charge in [0, 0.05) is 0 Å². The molecule has 0 N–H and O–H groups in total. The molecule has 2 aromatic heterocycles. The molecule has 0 amide bonds. The molecule has 0 spiro atoms. The number of pyridine rings is 1. The Kier molecular flexibility index (Phi) is 5.43. The van der Waals surface area contributed by atoms with E-state index in [9.17, 15) is 10.1 Å². The number of aromatic nitrogens is 2. The molecule has 0 atom stereocenters. The number of thiazole rings is 1. The molecule has 1 aromatic carbocycles. The van der Waals surface area contributed by atoms with E-state index in [1.807, 2.05) is 33.8 Å². The van der Waals surface area contributed by atoms with Crippen LogP contribution in [0.15, 0.2) is 28.7 Å². The van der Waals surface area contributed by atoms with Crippen LogP contribution in [0.4, 0.5) is 5.69 Å². The van der Waals surface area contributed by atoms with Crippen LogP contribution in [0.3, 0.4) is 0 Å². The highest BCUT2D eigenvalue weighted by Crippen LogP contribution is 2.35. The van der Waals surface area contributed by atoms with Gasteiger partial charge in [0.1, 0.15) is 0 Å². The minimum absolute atomic E-state index is 0.0451. The van der Waals surface area contributed by atoms with Crippen LogP contribution < -0.4 is 0 Å². The molecule has 0 saturated carbocycles. The third kappa shape index (κ3) is 3.40. The highest BCUT2D eigenvalue weighted by molar-refractivity contribution is 9.10. The van der Waals surface area contributed by atoms with Crippen molar-refractivity contribution >= 4 is 43.9 Å². The van der Waals surface area contributed by atoms with E-state index in [4.69, 9.17) is 0 Å². The molecule has 5 nitrogen and oxygen atoms in total. The van der Waals surface area contributed by atoms with E-state index < -0.39 is 4.92 Å². The number of hydrogen-bond acceptors (Lipinski definition) is 5. The van der Waals surface area contributed by atoms with Gasteiger partial charge in [-0.15, -0.1) is 11.3 Å². The summed E-state index contributed by atoms with van der Waals surface area (Å²) < 4.78 is 0.458. The van der Waals surface area contributed by atoms with Gasteiger partial charge in [0.2, 0.25) is 0 Å². The van der Waals surface area contributed by atoms with Gasteiger partial charge in [-0.3, -0.25) is 10.1 Å². The lowest BCUT2D eigenvalue weighted by Gasteiger charge is -2.04. The minimum atomic E-state index is -0.393. The van der Waals surface area contributed by atoms with Gasteiger partial charge >= 0.3 is 0 Å². The Labute approximate surface area is 146 Å². The smallest absolute Gasteiger partial charge is 0.258 e. The summed E-state index contributed by atoms with van der Waals surface area (Å²) in [6.45, 7) is 7.89. The lowest BCUT2D eigenvalue weighted by atomic mass is 10.1. The van der Waals surface area contributed by atoms with Gasteiger partial charge < -0.3 is 0 Å². The Hall–Kier alpha value is -1.86. The topological polar surface area (TPSA) is 68.9 Å². The Morgan fingerprint density at radius 3 is 2.39 bits per heavy atom. The predicted molar refractivity (Wildman–Crippen MR) is 98.0 cm³/mol. The van der Waals surface area contributed by atoms with Gasteiger partial charge in [-0.25, -0.2) is 9.97 Å². The van der Waals surface area contributed by atoms with Crippen molar-refractivity contribution in [1.82, 2.24) is 9.97 Å². The fraction of sp³-hybridized carbons (Fsp3) is 0.250. The first-order valence-electron chi connectivity index (χ1n) is 7.15. The number of benzene rings is 1. The molecule has 0 radical (unpaired) electrons. The van der Waals surface area contributed by atoms with Crippen molar-refractivity contribution in [2.24, 2.45) is 0 Å². The number of nitrogens with zero attached hydrogens (tertiary/aromatic N) is 3. The molecule has 23 heavy (non-hydrogen) atoms. The maximum absolute atomic E-state index is 11.2. The van der Waals surface area contributed by atoms with Gasteiger partial charge in [-0.05, 0) is 54.0 Å². The largest absolute Gasteiger partial charge is 0.292 e.